The lowest BCUT2D eigenvalue weighted by atomic mass is 10.2. The molecule has 7 nitrogen and oxygen atoms in total. The van der Waals surface area contributed by atoms with Gasteiger partial charge in [-0.15, -0.1) is 0 Å². The summed E-state index contributed by atoms with van der Waals surface area (Å²) >= 11 is 0. The van der Waals surface area contributed by atoms with Gasteiger partial charge in [-0.1, -0.05) is 13.8 Å². The van der Waals surface area contributed by atoms with Crippen molar-refractivity contribution in [3.8, 4) is 5.88 Å². The van der Waals surface area contributed by atoms with Gasteiger partial charge in [0.05, 0.1) is 12.8 Å². The number of hydrogen-bond donors (Lipinski definition) is 2. The molecule has 2 aromatic heterocycles. The van der Waals surface area contributed by atoms with Crippen LogP contribution in [0.3, 0.4) is 0 Å². The van der Waals surface area contributed by atoms with Gasteiger partial charge in [-0.2, -0.15) is 15.1 Å². The number of fused-ring (bicyclic) bond motifs is 1. The molecule has 0 unspecified atom stereocenters. The second kappa shape index (κ2) is 6.33. The van der Waals surface area contributed by atoms with Crippen LogP contribution in [0.4, 0.5) is 5.95 Å². The van der Waals surface area contributed by atoms with E-state index in [1.165, 1.54) is 0 Å². The minimum absolute atomic E-state index is 0.452. The van der Waals surface area contributed by atoms with Gasteiger partial charge in [0.2, 0.25) is 11.8 Å². The van der Waals surface area contributed by atoms with Gasteiger partial charge < -0.3 is 14.8 Å². The average molecular weight is 265 g/mol. The average Bonchev–Trinajstić information content (AvgIpc) is 2.85. The molecule has 2 aromatic rings. The van der Waals surface area contributed by atoms with Gasteiger partial charge >= 0.3 is 0 Å². The Labute approximate surface area is 111 Å². The van der Waals surface area contributed by atoms with Crippen molar-refractivity contribution in [2.24, 2.45) is 5.92 Å². The lowest BCUT2D eigenvalue weighted by Crippen LogP contribution is -2.11. The van der Waals surface area contributed by atoms with Gasteiger partial charge in [-0.25, -0.2) is 0 Å². The van der Waals surface area contributed by atoms with E-state index < -0.39 is 0 Å². The predicted octanol–water partition coefficient (Wildman–Crippen LogP) is 1.45. The topological polar surface area (TPSA) is 85.0 Å². The lowest BCUT2D eigenvalue weighted by molar-refractivity contribution is 0.0811. The van der Waals surface area contributed by atoms with Crippen LogP contribution in [-0.2, 0) is 4.74 Å². The van der Waals surface area contributed by atoms with Crippen LogP contribution in [0, 0.1) is 5.92 Å². The Bertz CT molecular complexity index is 526. The van der Waals surface area contributed by atoms with E-state index in [1.54, 1.807) is 13.2 Å². The number of rotatable bonds is 7. The summed E-state index contributed by atoms with van der Waals surface area (Å²) in [6.45, 7) is 5.94. The first kappa shape index (κ1) is 13.5. The second-order valence-electron chi connectivity index (χ2n) is 4.55. The normalized spacial score (nSPS) is 11.2. The van der Waals surface area contributed by atoms with Gasteiger partial charge in [-0.3, -0.25) is 5.10 Å². The van der Waals surface area contributed by atoms with Crippen LogP contribution in [0.25, 0.3) is 11.0 Å². The quantitative estimate of drug-likeness (QED) is 0.737. The highest BCUT2D eigenvalue weighted by Gasteiger charge is 2.09. The Kier molecular flexibility index (Phi) is 4.51. The fourth-order valence-corrected chi connectivity index (χ4v) is 1.55. The van der Waals surface area contributed by atoms with Crippen LogP contribution in [0.15, 0.2) is 6.20 Å². The van der Waals surface area contributed by atoms with Crippen molar-refractivity contribution < 1.29 is 9.47 Å². The molecule has 0 radical (unpaired) electrons. The Morgan fingerprint density at radius 2 is 2.16 bits per heavy atom. The number of nitrogens with zero attached hydrogens (tertiary/aromatic N) is 3. The van der Waals surface area contributed by atoms with Crippen molar-refractivity contribution in [3.63, 3.8) is 0 Å². The van der Waals surface area contributed by atoms with Crippen LogP contribution < -0.4 is 10.1 Å². The molecule has 0 bridgehead atoms. The number of aromatic amines is 1. The molecule has 19 heavy (non-hydrogen) atoms. The summed E-state index contributed by atoms with van der Waals surface area (Å²) in [7, 11) is 1.76. The fourth-order valence-electron chi connectivity index (χ4n) is 1.55. The molecule has 0 atom stereocenters. The Hall–Kier alpha value is -1.89. The molecule has 0 aliphatic carbocycles. The van der Waals surface area contributed by atoms with Crippen LogP contribution in [0.2, 0.25) is 0 Å². The number of nitrogens with one attached hydrogen (secondary N) is 2. The van der Waals surface area contributed by atoms with E-state index in [-0.39, 0.29) is 0 Å². The molecule has 7 heteroatoms. The standard InChI is InChI=1S/C12H19N5O2/c1-8(2)7-18-4-5-19-11-9-6-14-17-10(9)15-12(13-3)16-11/h6,8H,4-5,7H2,1-3H3,(H2,13,14,15,16,17). The third kappa shape index (κ3) is 3.54. The maximum absolute atomic E-state index is 5.63. The number of aromatic nitrogens is 4. The summed E-state index contributed by atoms with van der Waals surface area (Å²) in [6, 6.07) is 0. The zero-order valence-corrected chi connectivity index (χ0v) is 11.4. The van der Waals surface area contributed by atoms with Crippen LogP contribution in [0.5, 0.6) is 5.88 Å². The summed E-state index contributed by atoms with van der Waals surface area (Å²) in [6.07, 6.45) is 1.65. The summed E-state index contributed by atoms with van der Waals surface area (Å²) in [5.74, 6) is 1.53. The molecule has 0 aromatic carbocycles. The third-order valence-electron chi connectivity index (χ3n) is 2.42. The van der Waals surface area contributed by atoms with Crippen LogP contribution in [0.1, 0.15) is 13.8 Å². The number of anilines is 1. The van der Waals surface area contributed by atoms with Crippen LogP contribution in [-0.4, -0.2) is 47.0 Å². The van der Waals surface area contributed by atoms with Gasteiger partial charge in [0.15, 0.2) is 5.65 Å². The van der Waals surface area contributed by atoms with E-state index >= 15 is 0 Å². The van der Waals surface area contributed by atoms with Crippen molar-refractivity contribution in [2.75, 3.05) is 32.2 Å². The minimum atomic E-state index is 0.452. The molecule has 0 saturated carbocycles. The lowest BCUT2D eigenvalue weighted by Gasteiger charge is -2.09. The maximum atomic E-state index is 5.63. The highest BCUT2D eigenvalue weighted by Crippen LogP contribution is 2.21. The van der Waals surface area contributed by atoms with Gasteiger partial charge in [0.1, 0.15) is 12.0 Å². The maximum Gasteiger partial charge on any atom is 0.229 e. The van der Waals surface area contributed by atoms with Crippen molar-refractivity contribution in [2.45, 2.75) is 13.8 Å². The molecule has 2 heterocycles. The Balaban J connectivity index is 1.97. The van der Waals surface area contributed by atoms with Gasteiger partial charge in [0.25, 0.3) is 0 Å². The molecule has 0 spiro atoms. The SMILES string of the molecule is CNc1nc(OCCOCC(C)C)c2cn[nH]c2n1. The zero-order chi connectivity index (χ0) is 13.7. The van der Waals surface area contributed by atoms with E-state index in [4.69, 9.17) is 9.47 Å². The summed E-state index contributed by atoms with van der Waals surface area (Å²) < 4.78 is 11.1. The van der Waals surface area contributed by atoms with Crippen LogP contribution >= 0.6 is 0 Å². The number of ether oxygens (including phenoxy) is 2. The second-order valence-corrected chi connectivity index (χ2v) is 4.55. The fraction of sp³-hybridized carbons (Fsp3) is 0.583. The van der Waals surface area contributed by atoms with E-state index in [9.17, 15) is 0 Å². The molecule has 0 saturated heterocycles. The largest absolute Gasteiger partial charge is 0.475 e. The Morgan fingerprint density at radius 1 is 1.32 bits per heavy atom. The van der Waals surface area contributed by atoms with Crippen molar-refractivity contribution in [3.05, 3.63) is 6.20 Å². The molecule has 0 fully saturated rings. The highest BCUT2D eigenvalue weighted by atomic mass is 16.5. The monoisotopic (exact) mass is 265 g/mol. The van der Waals surface area contributed by atoms with Gasteiger partial charge in [-0.05, 0) is 5.92 Å². The molecule has 0 aliphatic heterocycles. The predicted molar refractivity (Wildman–Crippen MR) is 72.4 cm³/mol. The molecule has 2 N–H and O–H groups in total. The summed E-state index contributed by atoms with van der Waals surface area (Å²) in [5, 5.41) is 10.4. The van der Waals surface area contributed by atoms with E-state index in [0.717, 1.165) is 12.0 Å². The minimum Gasteiger partial charge on any atom is -0.475 e. The third-order valence-corrected chi connectivity index (χ3v) is 2.42. The summed E-state index contributed by atoms with van der Waals surface area (Å²) in [5.41, 5.74) is 0.650. The van der Waals surface area contributed by atoms with Gasteiger partial charge in [0, 0.05) is 13.7 Å². The number of H-pyrrole nitrogens is 1. The molecular formula is C12H19N5O2. The first-order chi connectivity index (χ1) is 9.20. The molecule has 104 valence electrons. The molecular weight excluding hydrogens is 246 g/mol. The van der Waals surface area contributed by atoms with Crippen molar-refractivity contribution in [1.82, 2.24) is 20.2 Å². The Morgan fingerprint density at radius 3 is 2.89 bits per heavy atom. The smallest absolute Gasteiger partial charge is 0.229 e. The molecule has 2 rings (SSSR count). The highest BCUT2D eigenvalue weighted by molar-refractivity contribution is 5.80. The molecule has 0 aliphatic rings. The van der Waals surface area contributed by atoms with Crippen molar-refractivity contribution in [1.29, 1.82) is 0 Å². The zero-order valence-electron chi connectivity index (χ0n) is 11.4. The van der Waals surface area contributed by atoms with Crippen molar-refractivity contribution >= 4 is 17.0 Å². The van der Waals surface area contributed by atoms with E-state index in [2.05, 4.69) is 39.3 Å². The first-order valence-electron chi connectivity index (χ1n) is 6.30. The summed E-state index contributed by atoms with van der Waals surface area (Å²) in [4.78, 5) is 8.49. The number of hydrogen-bond acceptors (Lipinski definition) is 6. The van der Waals surface area contributed by atoms with E-state index in [0.29, 0.717) is 36.6 Å². The first-order valence-corrected chi connectivity index (χ1v) is 6.30. The van der Waals surface area contributed by atoms with E-state index in [1.807, 2.05) is 0 Å². The molecule has 0 amide bonds.